The second kappa shape index (κ2) is 9.41. The molecule has 3 rings (SSSR count). The van der Waals surface area contributed by atoms with E-state index in [1.54, 1.807) is 0 Å². The van der Waals surface area contributed by atoms with Gasteiger partial charge >= 0.3 is 12.2 Å². The van der Waals surface area contributed by atoms with E-state index in [-0.39, 0.29) is 27.4 Å². The van der Waals surface area contributed by atoms with Gasteiger partial charge in [0.05, 0.1) is 33.1 Å². The molecule has 0 saturated carbocycles. The largest absolute Gasteiger partial charge is 0.437 e. The van der Waals surface area contributed by atoms with Crippen LogP contribution in [0.4, 0.5) is 28.0 Å². The fourth-order valence-corrected chi connectivity index (χ4v) is 2.90. The summed E-state index contributed by atoms with van der Waals surface area (Å²) in [5, 5.41) is 3.79. The fourth-order valence-electron chi connectivity index (χ4n) is 2.43. The topological polar surface area (TPSA) is 80.3 Å². The molecule has 2 N–H and O–H groups in total. The predicted molar refractivity (Wildman–Crippen MR) is 109 cm³/mol. The third-order valence-corrected chi connectivity index (χ3v) is 4.50. The number of aromatic nitrogens is 1. The van der Waals surface area contributed by atoms with Crippen LogP contribution in [0.15, 0.2) is 54.7 Å². The van der Waals surface area contributed by atoms with Crippen LogP contribution >= 0.6 is 23.2 Å². The van der Waals surface area contributed by atoms with Gasteiger partial charge in [-0.1, -0.05) is 29.3 Å². The number of hydrogen-bond donors (Lipinski definition) is 2. The van der Waals surface area contributed by atoms with E-state index in [0.29, 0.717) is 0 Å². The first-order valence-corrected chi connectivity index (χ1v) is 9.37. The van der Waals surface area contributed by atoms with Crippen molar-refractivity contribution in [2.75, 3.05) is 5.32 Å². The Labute approximate surface area is 188 Å². The molecule has 2 aromatic carbocycles. The average Bonchev–Trinajstić information content (AvgIpc) is 2.70. The Balaban J connectivity index is 1.62. The number of pyridine rings is 1. The molecule has 0 aliphatic heterocycles. The number of imide groups is 1. The Morgan fingerprint density at radius 1 is 1.00 bits per heavy atom. The molecule has 0 atom stereocenters. The van der Waals surface area contributed by atoms with Crippen molar-refractivity contribution < 1.29 is 31.9 Å². The summed E-state index contributed by atoms with van der Waals surface area (Å²) < 4.78 is 57.2. The molecule has 32 heavy (non-hydrogen) atoms. The quantitative estimate of drug-likeness (QED) is 0.423. The fraction of sp³-hybridized carbons (Fsp3) is 0.0500. The maximum Gasteiger partial charge on any atom is 0.416 e. The normalized spacial score (nSPS) is 11.1. The summed E-state index contributed by atoms with van der Waals surface area (Å²) in [7, 11) is 0. The minimum atomic E-state index is -4.55. The Bertz CT molecular complexity index is 1150. The van der Waals surface area contributed by atoms with E-state index in [2.05, 4.69) is 10.3 Å². The van der Waals surface area contributed by atoms with Gasteiger partial charge in [-0.15, -0.1) is 0 Å². The molecule has 0 bridgehead atoms. The molecule has 0 spiro atoms. The van der Waals surface area contributed by atoms with Crippen LogP contribution in [0.25, 0.3) is 0 Å². The lowest BCUT2D eigenvalue weighted by Gasteiger charge is -2.11. The van der Waals surface area contributed by atoms with Crippen molar-refractivity contribution >= 4 is 40.8 Å². The number of amides is 3. The minimum Gasteiger partial charge on any atom is -0.437 e. The second-order valence-electron chi connectivity index (χ2n) is 6.14. The zero-order chi connectivity index (χ0) is 23.5. The lowest BCUT2D eigenvalue weighted by Crippen LogP contribution is -2.35. The third kappa shape index (κ3) is 5.65. The van der Waals surface area contributed by atoms with Crippen molar-refractivity contribution in [2.45, 2.75) is 6.18 Å². The summed E-state index contributed by atoms with van der Waals surface area (Å²) in [5.74, 6) is -2.02. The highest BCUT2D eigenvalue weighted by Gasteiger charge is 2.31. The standard InChI is InChI=1S/C20H11Cl2F4N3O3/c21-12-2-1-3-14(23)17(12)18(30)29-19(31)28-11-5-7-16(27-9-11)32-15-6-4-10(8-13(15)22)20(24,25)26/h1-9H,(H2,28,29,30,31). The van der Waals surface area contributed by atoms with Gasteiger partial charge in [0, 0.05) is 6.07 Å². The first-order chi connectivity index (χ1) is 15.0. The van der Waals surface area contributed by atoms with E-state index < -0.39 is 35.1 Å². The number of halogens is 6. The van der Waals surface area contributed by atoms with Gasteiger partial charge in [0.1, 0.15) is 11.6 Å². The molecule has 0 unspecified atom stereocenters. The summed E-state index contributed by atoms with van der Waals surface area (Å²) in [6.07, 6.45) is -3.39. The van der Waals surface area contributed by atoms with Crippen LogP contribution in [0, 0.1) is 5.82 Å². The average molecular weight is 488 g/mol. The molecule has 166 valence electrons. The first-order valence-electron chi connectivity index (χ1n) is 8.61. The third-order valence-electron chi connectivity index (χ3n) is 3.88. The van der Waals surface area contributed by atoms with Gasteiger partial charge in [-0.3, -0.25) is 10.1 Å². The number of carbonyl (C=O) groups excluding carboxylic acids is 2. The van der Waals surface area contributed by atoms with Gasteiger partial charge in [0.15, 0.2) is 0 Å². The van der Waals surface area contributed by atoms with Gasteiger partial charge in [-0.25, -0.2) is 14.2 Å². The smallest absolute Gasteiger partial charge is 0.416 e. The zero-order valence-corrected chi connectivity index (χ0v) is 17.1. The molecule has 3 aromatic rings. The second-order valence-corrected chi connectivity index (χ2v) is 6.95. The lowest BCUT2D eigenvalue weighted by molar-refractivity contribution is -0.137. The minimum absolute atomic E-state index is 0.0215. The number of rotatable bonds is 4. The Morgan fingerprint density at radius 3 is 2.34 bits per heavy atom. The van der Waals surface area contributed by atoms with E-state index in [1.807, 2.05) is 5.32 Å². The first kappa shape index (κ1) is 23.3. The van der Waals surface area contributed by atoms with Gasteiger partial charge in [0.25, 0.3) is 5.91 Å². The summed E-state index contributed by atoms with van der Waals surface area (Å²) in [4.78, 5) is 27.9. The summed E-state index contributed by atoms with van der Waals surface area (Å²) in [5.41, 5.74) is -1.28. The number of nitrogens with one attached hydrogen (secondary N) is 2. The molecule has 3 amide bonds. The SMILES string of the molecule is O=C(NC(=O)c1c(F)cccc1Cl)Nc1ccc(Oc2ccc(C(F)(F)F)cc2Cl)nc1. The van der Waals surface area contributed by atoms with Gasteiger partial charge in [0.2, 0.25) is 5.88 Å². The van der Waals surface area contributed by atoms with Crippen molar-refractivity contribution in [3.63, 3.8) is 0 Å². The van der Waals surface area contributed by atoms with E-state index in [1.165, 1.54) is 24.3 Å². The maximum atomic E-state index is 13.7. The van der Waals surface area contributed by atoms with Crippen molar-refractivity contribution in [3.05, 3.63) is 81.7 Å². The van der Waals surface area contributed by atoms with Gasteiger partial charge in [-0.05, 0) is 36.4 Å². The maximum absolute atomic E-state index is 13.7. The number of ether oxygens (including phenoxy) is 1. The van der Waals surface area contributed by atoms with Crippen molar-refractivity contribution in [1.82, 2.24) is 10.3 Å². The highest BCUT2D eigenvalue weighted by molar-refractivity contribution is 6.34. The van der Waals surface area contributed by atoms with E-state index in [4.69, 9.17) is 27.9 Å². The van der Waals surface area contributed by atoms with Gasteiger partial charge in [-0.2, -0.15) is 13.2 Å². The highest BCUT2D eigenvalue weighted by atomic mass is 35.5. The van der Waals surface area contributed by atoms with Crippen molar-refractivity contribution in [3.8, 4) is 11.6 Å². The predicted octanol–water partition coefficient (Wildman–Crippen LogP) is 6.30. The van der Waals surface area contributed by atoms with Gasteiger partial charge < -0.3 is 10.1 Å². The van der Waals surface area contributed by atoms with Crippen LogP contribution < -0.4 is 15.4 Å². The molecule has 0 aliphatic rings. The molecule has 12 heteroatoms. The highest BCUT2D eigenvalue weighted by Crippen LogP contribution is 2.36. The van der Waals surface area contributed by atoms with Crippen LogP contribution in [0.1, 0.15) is 15.9 Å². The number of carbonyl (C=O) groups is 2. The number of urea groups is 1. The van der Waals surface area contributed by atoms with Crippen LogP contribution in [0.2, 0.25) is 10.0 Å². The van der Waals surface area contributed by atoms with Crippen LogP contribution in [0.5, 0.6) is 11.6 Å². The van der Waals surface area contributed by atoms with E-state index >= 15 is 0 Å². The number of alkyl halides is 3. The zero-order valence-electron chi connectivity index (χ0n) is 15.6. The molecule has 0 radical (unpaired) electrons. The number of anilines is 1. The molecular weight excluding hydrogens is 477 g/mol. The lowest BCUT2D eigenvalue weighted by atomic mass is 10.2. The van der Waals surface area contributed by atoms with E-state index in [0.717, 1.165) is 30.5 Å². The van der Waals surface area contributed by atoms with Crippen molar-refractivity contribution in [2.24, 2.45) is 0 Å². The number of hydrogen-bond acceptors (Lipinski definition) is 4. The summed E-state index contributed by atoms with van der Waals surface area (Å²) in [6.45, 7) is 0. The molecule has 0 aliphatic carbocycles. The monoisotopic (exact) mass is 487 g/mol. The molecule has 0 fully saturated rings. The summed E-state index contributed by atoms with van der Waals surface area (Å²) >= 11 is 11.6. The Morgan fingerprint density at radius 2 is 1.75 bits per heavy atom. The Hall–Kier alpha value is -3.37. The van der Waals surface area contributed by atoms with Crippen LogP contribution in [-0.2, 0) is 6.18 Å². The molecule has 1 heterocycles. The molecule has 0 saturated heterocycles. The molecule has 1 aromatic heterocycles. The Kier molecular flexibility index (Phi) is 6.85. The molecule has 6 nitrogen and oxygen atoms in total. The van der Waals surface area contributed by atoms with E-state index in [9.17, 15) is 27.2 Å². The van der Waals surface area contributed by atoms with Crippen LogP contribution in [0.3, 0.4) is 0 Å². The van der Waals surface area contributed by atoms with Crippen LogP contribution in [-0.4, -0.2) is 16.9 Å². The number of nitrogens with zero attached hydrogens (tertiary/aromatic N) is 1. The summed E-state index contributed by atoms with van der Waals surface area (Å²) in [6, 6.07) is 7.87. The van der Waals surface area contributed by atoms with Crippen molar-refractivity contribution in [1.29, 1.82) is 0 Å². The number of benzene rings is 2. The molecular formula is C20H11Cl2F4N3O3.